The maximum Gasteiger partial charge on any atom is 0.406 e. The van der Waals surface area contributed by atoms with Gasteiger partial charge >= 0.3 is 6.09 Å². The van der Waals surface area contributed by atoms with Gasteiger partial charge in [-0.05, 0) is 7.05 Å². The number of carbonyl (C=O) groups excluding carboxylic acids is 1. The molecule has 0 aromatic heterocycles. The Hall–Kier alpha value is -0.770. The van der Waals surface area contributed by atoms with Crippen LogP contribution in [0.4, 0.5) is 4.79 Å². The molecule has 8 heavy (non-hydrogen) atoms. The molecule has 1 amide bonds. The molecule has 0 atom stereocenters. The SMILES string of the molecule is CN.CNC(=O)OC. The monoisotopic (exact) mass is 120 g/mol. The van der Waals surface area contributed by atoms with Crippen molar-refractivity contribution in [2.24, 2.45) is 5.73 Å². The van der Waals surface area contributed by atoms with E-state index in [9.17, 15) is 4.79 Å². The third-order valence-electron chi connectivity index (χ3n) is 0.390. The van der Waals surface area contributed by atoms with Gasteiger partial charge in [0.05, 0.1) is 7.11 Å². The van der Waals surface area contributed by atoms with Crippen LogP contribution >= 0.6 is 0 Å². The van der Waals surface area contributed by atoms with Crippen molar-refractivity contribution in [1.82, 2.24) is 5.32 Å². The molecule has 0 saturated carbocycles. The van der Waals surface area contributed by atoms with Gasteiger partial charge in [0, 0.05) is 7.05 Å². The van der Waals surface area contributed by atoms with Crippen molar-refractivity contribution >= 4 is 6.09 Å². The zero-order chi connectivity index (χ0) is 6.99. The summed E-state index contributed by atoms with van der Waals surface area (Å²) in [7, 11) is 4.32. The molecule has 4 nitrogen and oxygen atoms in total. The van der Waals surface area contributed by atoms with Gasteiger partial charge in [0.25, 0.3) is 0 Å². The first-order valence-corrected chi connectivity index (χ1v) is 2.14. The van der Waals surface area contributed by atoms with E-state index in [4.69, 9.17) is 0 Å². The zero-order valence-corrected chi connectivity index (χ0v) is 5.39. The number of nitrogens with two attached hydrogens (primary N) is 1. The summed E-state index contributed by atoms with van der Waals surface area (Å²) in [5.41, 5.74) is 4.50. The van der Waals surface area contributed by atoms with Crippen LogP contribution in [0.2, 0.25) is 0 Å². The fraction of sp³-hybridized carbons (Fsp3) is 0.750. The molecule has 0 aromatic carbocycles. The van der Waals surface area contributed by atoms with Crippen LogP contribution in [0.15, 0.2) is 0 Å². The molecule has 0 aromatic rings. The molecule has 0 heterocycles. The van der Waals surface area contributed by atoms with Crippen LogP contribution in [0.1, 0.15) is 0 Å². The Morgan fingerprint density at radius 2 is 2.00 bits per heavy atom. The van der Waals surface area contributed by atoms with Crippen LogP contribution in [-0.4, -0.2) is 27.3 Å². The minimum absolute atomic E-state index is 0.407. The Labute approximate surface area is 49.0 Å². The average molecular weight is 120 g/mol. The molecular formula is C4H12N2O2. The molecule has 0 aliphatic heterocycles. The first-order chi connectivity index (χ1) is 3.81. The van der Waals surface area contributed by atoms with Crippen LogP contribution in [0.5, 0.6) is 0 Å². The van der Waals surface area contributed by atoms with E-state index < -0.39 is 6.09 Å². The van der Waals surface area contributed by atoms with Gasteiger partial charge in [-0.15, -0.1) is 0 Å². The Bertz CT molecular complexity index is 50.0. The predicted molar refractivity (Wildman–Crippen MR) is 31.6 cm³/mol. The van der Waals surface area contributed by atoms with Crippen molar-refractivity contribution in [3.63, 3.8) is 0 Å². The standard InChI is InChI=1S/C3H7NO2.CH5N/c1-4-3(5)6-2;1-2/h1-2H3,(H,4,5);2H2,1H3. The first-order valence-electron chi connectivity index (χ1n) is 2.14. The lowest BCUT2D eigenvalue weighted by Gasteiger charge is -1.90. The molecule has 0 radical (unpaired) electrons. The topological polar surface area (TPSA) is 64.3 Å². The molecule has 0 unspecified atom stereocenters. The molecule has 0 bridgehead atoms. The predicted octanol–water partition coefficient (Wildman–Crippen LogP) is -0.453. The fourth-order valence-corrected chi connectivity index (χ4v) is 0.102. The Morgan fingerprint density at radius 3 is 2.00 bits per heavy atom. The van der Waals surface area contributed by atoms with E-state index in [1.54, 1.807) is 0 Å². The Balaban J connectivity index is 0. The lowest BCUT2D eigenvalue weighted by atomic mass is 11.1. The summed E-state index contributed by atoms with van der Waals surface area (Å²) in [5.74, 6) is 0. The van der Waals surface area contributed by atoms with E-state index >= 15 is 0 Å². The molecular weight excluding hydrogens is 108 g/mol. The lowest BCUT2D eigenvalue weighted by molar-refractivity contribution is 0.173. The summed E-state index contributed by atoms with van der Waals surface area (Å²) in [5, 5.41) is 2.25. The molecule has 0 aliphatic carbocycles. The first kappa shape index (κ1) is 10.3. The highest BCUT2D eigenvalue weighted by Gasteiger charge is 1.85. The number of amides is 1. The van der Waals surface area contributed by atoms with Gasteiger partial charge in [0.2, 0.25) is 0 Å². The summed E-state index contributed by atoms with van der Waals surface area (Å²) < 4.78 is 4.15. The normalized spacial score (nSPS) is 6.00. The second kappa shape index (κ2) is 9.52. The smallest absolute Gasteiger partial charge is 0.406 e. The summed E-state index contributed by atoms with van der Waals surface area (Å²) in [6.07, 6.45) is -0.407. The van der Waals surface area contributed by atoms with E-state index in [-0.39, 0.29) is 0 Å². The van der Waals surface area contributed by atoms with Crippen LogP contribution in [0, 0.1) is 0 Å². The largest absolute Gasteiger partial charge is 0.453 e. The number of nitrogens with one attached hydrogen (secondary N) is 1. The number of rotatable bonds is 0. The molecule has 0 spiro atoms. The van der Waals surface area contributed by atoms with Gasteiger partial charge in [0.1, 0.15) is 0 Å². The maximum atomic E-state index is 9.85. The minimum atomic E-state index is -0.407. The summed E-state index contributed by atoms with van der Waals surface area (Å²) >= 11 is 0. The number of alkyl carbamates (subject to hydrolysis) is 1. The Morgan fingerprint density at radius 1 is 1.62 bits per heavy atom. The van der Waals surface area contributed by atoms with Crippen molar-refractivity contribution < 1.29 is 9.53 Å². The summed E-state index contributed by atoms with van der Waals surface area (Å²) in [4.78, 5) is 9.85. The van der Waals surface area contributed by atoms with Gasteiger partial charge < -0.3 is 15.8 Å². The van der Waals surface area contributed by atoms with Gasteiger partial charge in [-0.1, -0.05) is 0 Å². The summed E-state index contributed by atoms with van der Waals surface area (Å²) in [6.45, 7) is 0. The lowest BCUT2D eigenvalue weighted by Crippen LogP contribution is -2.16. The van der Waals surface area contributed by atoms with E-state index in [0.29, 0.717) is 0 Å². The molecule has 0 fully saturated rings. The number of ether oxygens (including phenoxy) is 1. The Kier molecular flexibility index (Phi) is 12.2. The molecule has 0 saturated heterocycles. The van der Waals surface area contributed by atoms with Crippen molar-refractivity contribution in [2.75, 3.05) is 21.2 Å². The van der Waals surface area contributed by atoms with E-state index in [1.165, 1.54) is 21.2 Å². The van der Waals surface area contributed by atoms with E-state index in [1.807, 2.05) is 0 Å². The van der Waals surface area contributed by atoms with Crippen LogP contribution < -0.4 is 11.1 Å². The van der Waals surface area contributed by atoms with Gasteiger partial charge in [-0.3, -0.25) is 0 Å². The van der Waals surface area contributed by atoms with Crippen molar-refractivity contribution in [2.45, 2.75) is 0 Å². The van der Waals surface area contributed by atoms with Crippen molar-refractivity contribution in [3.8, 4) is 0 Å². The van der Waals surface area contributed by atoms with Gasteiger partial charge in [-0.25, -0.2) is 4.79 Å². The number of methoxy groups -OCH3 is 1. The number of hydrogen-bond acceptors (Lipinski definition) is 3. The van der Waals surface area contributed by atoms with Crippen molar-refractivity contribution in [1.29, 1.82) is 0 Å². The van der Waals surface area contributed by atoms with Gasteiger partial charge in [0.15, 0.2) is 0 Å². The second-order valence-electron chi connectivity index (χ2n) is 0.742. The number of hydrogen-bond donors (Lipinski definition) is 2. The molecule has 3 N–H and O–H groups in total. The quantitative estimate of drug-likeness (QED) is 0.455. The highest BCUT2D eigenvalue weighted by atomic mass is 16.5. The third kappa shape index (κ3) is 8.97. The third-order valence-corrected chi connectivity index (χ3v) is 0.390. The van der Waals surface area contributed by atoms with Crippen LogP contribution in [0.3, 0.4) is 0 Å². The van der Waals surface area contributed by atoms with Crippen LogP contribution in [-0.2, 0) is 4.74 Å². The molecule has 50 valence electrons. The van der Waals surface area contributed by atoms with Crippen molar-refractivity contribution in [3.05, 3.63) is 0 Å². The molecule has 0 aliphatic rings. The maximum absolute atomic E-state index is 9.85. The van der Waals surface area contributed by atoms with E-state index in [2.05, 4.69) is 15.8 Å². The fourth-order valence-electron chi connectivity index (χ4n) is 0.102. The second-order valence-corrected chi connectivity index (χ2v) is 0.742. The zero-order valence-electron chi connectivity index (χ0n) is 5.39. The number of carbonyl (C=O) groups is 1. The molecule has 0 rings (SSSR count). The highest BCUT2D eigenvalue weighted by Crippen LogP contribution is 1.62. The average Bonchev–Trinajstić information content (AvgIpc) is 1.91. The van der Waals surface area contributed by atoms with Crippen LogP contribution in [0.25, 0.3) is 0 Å². The minimum Gasteiger partial charge on any atom is -0.453 e. The summed E-state index contributed by atoms with van der Waals surface area (Å²) in [6, 6.07) is 0. The highest BCUT2D eigenvalue weighted by molar-refractivity contribution is 5.66. The van der Waals surface area contributed by atoms with E-state index in [0.717, 1.165) is 0 Å². The van der Waals surface area contributed by atoms with Gasteiger partial charge in [-0.2, -0.15) is 0 Å². The molecule has 4 heteroatoms.